The minimum Gasteiger partial charge on any atom is -0.385 e. The Labute approximate surface area is 97.5 Å². The minimum atomic E-state index is 0.923. The number of rotatable bonds is 3. The molecule has 2 nitrogen and oxygen atoms in total. The molecule has 1 aromatic heterocycles. The standard InChI is InChI=1S/C14H20N2/c1-10-6-14(4-5-15-10)16-9-13-8-11-2-3-12(13)7-11/h4-6,11-13H,2-3,7-9H2,1H3,(H,15,16). The highest BCUT2D eigenvalue weighted by atomic mass is 14.9. The Kier molecular flexibility index (Phi) is 2.58. The van der Waals surface area contributed by atoms with Crippen LogP contribution in [0.2, 0.25) is 0 Å². The third kappa shape index (κ3) is 1.93. The molecule has 3 atom stereocenters. The van der Waals surface area contributed by atoms with E-state index >= 15 is 0 Å². The molecule has 1 N–H and O–H groups in total. The van der Waals surface area contributed by atoms with Gasteiger partial charge in [0, 0.05) is 24.1 Å². The molecule has 3 rings (SSSR count). The molecule has 0 amide bonds. The monoisotopic (exact) mass is 216 g/mol. The van der Waals surface area contributed by atoms with E-state index in [1.165, 1.54) is 31.4 Å². The van der Waals surface area contributed by atoms with Crippen LogP contribution in [0.3, 0.4) is 0 Å². The Morgan fingerprint density at radius 3 is 3.00 bits per heavy atom. The highest BCUT2D eigenvalue weighted by molar-refractivity contribution is 5.42. The van der Waals surface area contributed by atoms with E-state index in [4.69, 9.17) is 0 Å². The van der Waals surface area contributed by atoms with Crippen LogP contribution in [-0.4, -0.2) is 11.5 Å². The fraction of sp³-hybridized carbons (Fsp3) is 0.643. The van der Waals surface area contributed by atoms with Crippen LogP contribution in [-0.2, 0) is 0 Å². The van der Waals surface area contributed by atoms with E-state index in [1.807, 2.05) is 13.1 Å². The fourth-order valence-corrected chi connectivity index (χ4v) is 3.53. The van der Waals surface area contributed by atoms with Crippen molar-refractivity contribution < 1.29 is 0 Å². The molecule has 0 spiro atoms. The molecule has 3 unspecified atom stereocenters. The normalized spacial score (nSPS) is 31.9. The topological polar surface area (TPSA) is 24.9 Å². The van der Waals surface area contributed by atoms with Crippen molar-refractivity contribution in [2.45, 2.75) is 32.6 Å². The van der Waals surface area contributed by atoms with E-state index in [-0.39, 0.29) is 0 Å². The largest absolute Gasteiger partial charge is 0.385 e. The SMILES string of the molecule is Cc1cc(NCC2CC3CCC2C3)ccn1. The lowest BCUT2D eigenvalue weighted by molar-refractivity contribution is 0.348. The van der Waals surface area contributed by atoms with Crippen LogP contribution in [0, 0.1) is 24.7 Å². The Morgan fingerprint density at radius 2 is 2.31 bits per heavy atom. The number of hydrogen-bond donors (Lipinski definition) is 1. The van der Waals surface area contributed by atoms with Gasteiger partial charge in [-0.05, 0) is 56.1 Å². The molecule has 0 radical (unpaired) electrons. The summed E-state index contributed by atoms with van der Waals surface area (Å²) in [4.78, 5) is 4.22. The van der Waals surface area contributed by atoms with Crippen molar-refractivity contribution in [1.29, 1.82) is 0 Å². The zero-order valence-electron chi connectivity index (χ0n) is 9.95. The predicted octanol–water partition coefficient (Wildman–Crippen LogP) is 3.24. The second-order valence-electron chi connectivity index (χ2n) is 5.50. The van der Waals surface area contributed by atoms with Gasteiger partial charge in [0.1, 0.15) is 0 Å². The summed E-state index contributed by atoms with van der Waals surface area (Å²) < 4.78 is 0. The fourth-order valence-electron chi connectivity index (χ4n) is 3.53. The maximum atomic E-state index is 4.22. The number of nitrogens with one attached hydrogen (secondary N) is 1. The first-order valence-corrected chi connectivity index (χ1v) is 6.48. The number of anilines is 1. The van der Waals surface area contributed by atoms with E-state index < -0.39 is 0 Å². The first-order valence-electron chi connectivity index (χ1n) is 6.48. The van der Waals surface area contributed by atoms with Crippen LogP contribution in [0.1, 0.15) is 31.4 Å². The van der Waals surface area contributed by atoms with Gasteiger partial charge in [-0.1, -0.05) is 6.42 Å². The highest BCUT2D eigenvalue weighted by Crippen LogP contribution is 2.48. The molecule has 2 fully saturated rings. The maximum Gasteiger partial charge on any atom is 0.0393 e. The van der Waals surface area contributed by atoms with E-state index in [9.17, 15) is 0 Å². The van der Waals surface area contributed by atoms with E-state index in [0.29, 0.717) is 0 Å². The quantitative estimate of drug-likeness (QED) is 0.839. The summed E-state index contributed by atoms with van der Waals surface area (Å²) in [5.74, 6) is 2.99. The number of nitrogens with zero attached hydrogens (tertiary/aromatic N) is 1. The van der Waals surface area contributed by atoms with Gasteiger partial charge >= 0.3 is 0 Å². The molecule has 2 aliphatic rings. The van der Waals surface area contributed by atoms with Crippen molar-refractivity contribution in [2.24, 2.45) is 17.8 Å². The van der Waals surface area contributed by atoms with Crippen molar-refractivity contribution in [1.82, 2.24) is 4.98 Å². The van der Waals surface area contributed by atoms with Gasteiger partial charge in [-0.15, -0.1) is 0 Å². The summed E-state index contributed by atoms with van der Waals surface area (Å²) >= 11 is 0. The molecule has 1 heterocycles. The average Bonchev–Trinajstić information content (AvgIpc) is 2.88. The smallest absolute Gasteiger partial charge is 0.0393 e. The number of fused-ring (bicyclic) bond motifs is 2. The second kappa shape index (κ2) is 4.08. The molecule has 1 aromatic rings. The molecule has 2 heteroatoms. The maximum absolute atomic E-state index is 4.22. The Bertz CT molecular complexity index is 375. The van der Waals surface area contributed by atoms with Crippen molar-refractivity contribution >= 4 is 5.69 Å². The van der Waals surface area contributed by atoms with Crippen LogP contribution in [0.25, 0.3) is 0 Å². The summed E-state index contributed by atoms with van der Waals surface area (Å²) in [6.07, 6.45) is 7.82. The third-order valence-electron chi connectivity index (χ3n) is 4.35. The number of hydrogen-bond acceptors (Lipinski definition) is 2. The van der Waals surface area contributed by atoms with E-state index in [2.05, 4.69) is 22.4 Å². The summed E-state index contributed by atoms with van der Waals surface area (Å²) in [7, 11) is 0. The Hall–Kier alpha value is -1.05. The van der Waals surface area contributed by atoms with Crippen LogP contribution in [0.5, 0.6) is 0 Å². The molecule has 0 saturated heterocycles. The lowest BCUT2D eigenvalue weighted by Gasteiger charge is -2.22. The summed E-state index contributed by atoms with van der Waals surface area (Å²) in [6.45, 7) is 3.20. The molecule has 2 aliphatic carbocycles. The molecule has 0 aliphatic heterocycles. The van der Waals surface area contributed by atoms with Gasteiger partial charge < -0.3 is 5.32 Å². The lowest BCUT2D eigenvalue weighted by atomic mass is 9.89. The van der Waals surface area contributed by atoms with Gasteiger partial charge in [0.25, 0.3) is 0 Å². The molecular formula is C14H20N2. The van der Waals surface area contributed by atoms with Gasteiger partial charge in [-0.25, -0.2) is 0 Å². The van der Waals surface area contributed by atoms with Crippen LogP contribution in [0.15, 0.2) is 18.3 Å². The minimum absolute atomic E-state index is 0.923. The van der Waals surface area contributed by atoms with Crippen molar-refractivity contribution in [3.8, 4) is 0 Å². The zero-order valence-corrected chi connectivity index (χ0v) is 9.95. The molecule has 86 valence electrons. The lowest BCUT2D eigenvalue weighted by Crippen LogP contribution is -2.20. The van der Waals surface area contributed by atoms with Crippen molar-refractivity contribution in [2.75, 3.05) is 11.9 Å². The zero-order chi connectivity index (χ0) is 11.0. The Balaban J connectivity index is 1.57. The van der Waals surface area contributed by atoms with Gasteiger partial charge in [-0.3, -0.25) is 4.98 Å². The van der Waals surface area contributed by atoms with Crippen molar-refractivity contribution in [3.05, 3.63) is 24.0 Å². The van der Waals surface area contributed by atoms with Crippen LogP contribution >= 0.6 is 0 Å². The van der Waals surface area contributed by atoms with Crippen molar-refractivity contribution in [3.63, 3.8) is 0 Å². The highest BCUT2D eigenvalue weighted by Gasteiger charge is 2.38. The van der Waals surface area contributed by atoms with Crippen LogP contribution in [0.4, 0.5) is 5.69 Å². The van der Waals surface area contributed by atoms with E-state index in [0.717, 1.165) is 30.0 Å². The molecular weight excluding hydrogens is 196 g/mol. The van der Waals surface area contributed by atoms with Gasteiger partial charge in [-0.2, -0.15) is 0 Å². The number of aromatic nitrogens is 1. The third-order valence-corrected chi connectivity index (χ3v) is 4.35. The summed E-state index contributed by atoms with van der Waals surface area (Å²) in [5, 5.41) is 3.57. The number of aryl methyl sites for hydroxylation is 1. The van der Waals surface area contributed by atoms with Gasteiger partial charge in [0.15, 0.2) is 0 Å². The molecule has 2 bridgehead atoms. The molecule has 2 saturated carbocycles. The molecule has 0 aromatic carbocycles. The Morgan fingerprint density at radius 1 is 1.38 bits per heavy atom. The van der Waals surface area contributed by atoms with Gasteiger partial charge in [0.2, 0.25) is 0 Å². The molecule has 16 heavy (non-hydrogen) atoms. The predicted molar refractivity (Wildman–Crippen MR) is 66.4 cm³/mol. The first kappa shape index (κ1) is 10.1. The second-order valence-corrected chi connectivity index (χ2v) is 5.50. The summed E-state index contributed by atoms with van der Waals surface area (Å²) in [5.41, 5.74) is 2.33. The summed E-state index contributed by atoms with van der Waals surface area (Å²) in [6, 6.07) is 4.20. The average molecular weight is 216 g/mol. The van der Waals surface area contributed by atoms with Gasteiger partial charge in [0.05, 0.1) is 0 Å². The van der Waals surface area contributed by atoms with E-state index in [1.54, 1.807) is 0 Å². The first-order chi connectivity index (χ1) is 7.81. The van der Waals surface area contributed by atoms with Crippen LogP contribution < -0.4 is 5.32 Å². The number of pyridine rings is 1.